The van der Waals surface area contributed by atoms with E-state index in [0.717, 1.165) is 5.39 Å². The van der Waals surface area contributed by atoms with Gasteiger partial charge in [0.1, 0.15) is 4.90 Å². The second-order valence-electron chi connectivity index (χ2n) is 3.82. The van der Waals surface area contributed by atoms with Crippen molar-refractivity contribution in [1.82, 2.24) is 9.97 Å². The molecule has 0 atom stereocenters. The SMILES string of the molecule is O=S(=O)(O)c1ccnc2ccc3cccnc3c12. The Kier molecular flexibility index (Phi) is 2.29. The molecule has 0 saturated carbocycles. The van der Waals surface area contributed by atoms with Gasteiger partial charge in [-0.1, -0.05) is 12.1 Å². The van der Waals surface area contributed by atoms with E-state index in [1.807, 2.05) is 12.1 Å². The summed E-state index contributed by atoms with van der Waals surface area (Å²) in [5, 5.41) is 1.14. The Morgan fingerprint density at radius 2 is 1.83 bits per heavy atom. The molecule has 1 N–H and O–H groups in total. The van der Waals surface area contributed by atoms with Crippen molar-refractivity contribution in [3.05, 3.63) is 42.7 Å². The highest BCUT2D eigenvalue weighted by Gasteiger charge is 2.16. The Bertz CT molecular complexity index is 859. The predicted octanol–water partition coefficient (Wildman–Crippen LogP) is 2.03. The van der Waals surface area contributed by atoms with E-state index in [1.54, 1.807) is 18.3 Å². The average molecular weight is 260 g/mol. The molecule has 0 aliphatic heterocycles. The van der Waals surface area contributed by atoms with E-state index in [1.165, 1.54) is 12.3 Å². The zero-order valence-electron chi connectivity index (χ0n) is 9.11. The summed E-state index contributed by atoms with van der Waals surface area (Å²) in [6.45, 7) is 0. The number of hydrogen-bond acceptors (Lipinski definition) is 4. The van der Waals surface area contributed by atoms with Gasteiger partial charge in [-0.15, -0.1) is 0 Å². The third kappa shape index (κ3) is 1.62. The van der Waals surface area contributed by atoms with Crippen LogP contribution in [0.25, 0.3) is 21.8 Å². The number of nitrogens with zero attached hydrogens (tertiary/aromatic N) is 2. The molecule has 1 aromatic carbocycles. The molecular weight excluding hydrogens is 252 g/mol. The Morgan fingerprint density at radius 3 is 2.61 bits per heavy atom. The van der Waals surface area contributed by atoms with Gasteiger partial charge in [0.2, 0.25) is 0 Å². The van der Waals surface area contributed by atoms with Gasteiger partial charge in [-0.2, -0.15) is 8.42 Å². The number of pyridine rings is 2. The number of aromatic nitrogens is 2. The normalized spacial score (nSPS) is 12.1. The molecule has 0 aliphatic carbocycles. The molecule has 0 saturated heterocycles. The fourth-order valence-corrected chi connectivity index (χ4v) is 2.66. The van der Waals surface area contributed by atoms with E-state index in [2.05, 4.69) is 9.97 Å². The highest BCUT2D eigenvalue weighted by molar-refractivity contribution is 7.86. The highest BCUT2D eigenvalue weighted by atomic mass is 32.2. The zero-order valence-corrected chi connectivity index (χ0v) is 9.92. The molecule has 0 unspecified atom stereocenters. The minimum atomic E-state index is -4.30. The monoisotopic (exact) mass is 260 g/mol. The van der Waals surface area contributed by atoms with Gasteiger partial charge in [0.15, 0.2) is 0 Å². The molecule has 18 heavy (non-hydrogen) atoms. The molecule has 0 radical (unpaired) electrons. The Hall–Kier alpha value is -2.05. The molecular formula is C12H8N2O3S. The number of hydrogen-bond donors (Lipinski definition) is 1. The minimum absolute atomic E-state index is 0.170. The molecule has 90 valence electrons. The molecule has 0 spiro atoms. The van der Waals surface area contributed by atoms with Crippen LogP contribution in [0.4, 0.5) is 0 Å². The lowest BCUT2D eigenvalue weighted by atomic mass is 10.1. The van der Waals surface area contributed by atoms with E-state index in [0.29, 0.717) is 16.4 Å². The van der Waals surface area contributed by atoms with Gasteiger partial charge in [-0.05, 0) is 18.2 Å². The van der Waals surface area contributed by atoms with E-state index >= 15 is 0 Å². The van der Waals surface area contributed by atoms with Crippen molar-refractivity contribution >= 4 is 31.9 Å². The van der Waals surface area contributed by atoms with Crippen LogP contribution in [0.5, 0.6) is 0 Å². The predicted molar refractivity (Wildman–Crippen MR) is 66.9 cm³/mol. The van der Waals surface area contributed by atoms with Crippen LogP contribution in [0.15, 0.2) is 47.6 Å². The van der Waals surface area contributed by atoms with Gasteiger partial charge < -0.3 is 0 Å². The Balaban J connectivity index is 2.63. The van der Waals surface area contributed by atoms with E-state index in [4.69, 9.17) is 0 Å². The second kappa shape index (κ2) is 3.72. The molecule has 0 amide bonds. The first kappa shape index (κ1) is 11.1. The fourth-order valence-electron chi connectivity index (χ4n) is 1.97. The van der Waals surface area contributed by atoms with E-state index < -0.39 is 10.1 Å². The molecule has 0 aliphatic rings. The highest BCUT2D eigenvalue weighted by Crippen LogP contribution is 2.27. The summed E-state index contributed by atoms with van der Waals surface area (Å²) < 4.78 is 32.0. The van der Waals surface area contributed by atoms with Gasteiger partial charge >= 0.3 is 0 Å². The van der Waals surface area contributed by atoms with Crippen molar-refractivity contribution in [1.29, 1.82) is 0 Å². The fraction of sp³-hybridized carbons (Fsp3) is 0. The first-order chi connectivity index (χ1) is 8.57. The minimum Gasteiger partial charge on any atom is -0.282 e. The van der Waals surface area contributed by atoms with Crippen LogP contribution < -0.4 is 0 Å². The third-order valence-corrected chi connectivity index (χ3v) is 3.61. The summed E-state index contributed by atoms with van der Waals surface area (Å²) in [7, 11) is -4.30. The quantitative estimate of drug-likeness (QED) is 0.535. The van der Waals surface area contributed by atoms with Crippen LogP contribution in [-0.2, 0) is 10.1 Å². The van der Waals surface area contributed by atoms with Crippen LogP contribution >= 0.6 is 0 Å². The van der Waals surface area contributed by atoms with Crippen LogP contribution in [0.2, 0.25) is 0 Å². The number of benzene rings is 1. The molecule has 2 heterocycles. The zero-order chi connectivity index (χ0) is 12.8. The first-order valence-electron chi connectivity index (χ1n) is 5.17. The number of rotatable bonds is 1. The molecule has 5 nitrogen and oxygen atoms in total. The molecule has 0 bridgehead atoms. The molecule has 2 aromatic heterocycles. The largest absolute Gasteiger partial charge is 0.295 e. The van der Waals surface area contributed by atoms with E-state index in [9.17, 15) is 13.0 Å². The first-order valence-corrected chi connectivity index (χ1v) is 6.61. The Labute approximate surface area is 103 Å². The van der Waals surface area contributed by atoms with Gasteiger partial charge in [0.25, 0.3) is 10.1 Å². The summed E-state index contributed by atoms with van der Waals surface area (Å²) in [6, 6.07) is 8.37. The summed E-state index contributed by atoms with van der Waals surface area (Å²) in [4.78, 5) is 8.09. The van der Waals surface area contributed by atoms with Crippen LogP contribution in [0.1, 0.15) is 0 Å². The number of fused-ring (bicyclic) bond motifs is 3. The van der Waals surface area contributed by atoms with Crippen molar-refractivity contribution < 1.29 is 13.0 Å². The lowest BCUT2D eigenvalue weighted by molar-refractivity contribution is 0.484. The molecule has 0 fully saturated rings. The topological polar surface area (TPSA) is 80.2 Å². The lowest BCUT2D eigenvalue weighted by Crippen LogP contribution is -2.00. The van der Waals surface area contributed by atoms with Crippen molar-refractivity contribution in [2.75, 3.05) is 0 Å². The van der Waals surface area contributed by atoms with Crippen LogP contribution in [-0.4, -0.2) is 22.9 Å². The summed E-state index contributed by atoms with van der Waals surface area (Å²) in [6.07, 6.45) is 2.92. The van der Waals surface area contributed by atoms with Gasteiger partial charge in [-0.25, -0.2) is 0 Å². The maximum atomic E-state index is 11.4. The van der Waals surface area contributed by atoms with Crippen LogP contribution in [0.3, 0.4) is 0 Å². The van der Waals surface area contributed by atoms with Gasteiger partial charge in [0.05, 0.1) is 11.0 Å². The molecule has 6 heteroatoms. The lowest BCUT2D eigenvalue weighted by Gasteiger charge is -2.05. The van der Waals surface area contributed by atoms with Crippen molar-refractivity contribution in [2.45, 2.75) is 4.90 Å². The average Bonchev–Trinajstić information content (AvgIpc) is 2.36. The second-order valence-corrected chi connectivity index (χ2v) is 5.21. The van der Waals surface area contributed by atoms with Crippen molar-refractivity contribution in [2.24, 2.45) is 0 Å². The maximum absolute atomic E-state index is 11.4. The van der Waals surface area contributed by atoms with Crippen molar-refractivity contribution in [3.63, 3.8) is 0 Å². The summed E-state index contributed by atoms with van der Waals surface area (Å²) in [5.41, 5.74) is 0.993. The molecule has 3 aromatic rings. The van der Waals surface area contributed by atoms with Gasteiger partial charge in [0, 0.05) is 23.2 Å². The molecule has 3 rings (SSSR count). The van der Waals surface area contributed by atoms with Crippen molar-refractivity contribution in [3.8, 4) is 0 Å². The van der Waals surface area contributed by atoms with Crippen LogP contribution in [0, 0.1) is 0 Å². The third-order valence-electron chi connectivity index (χ3n) is 2.72. The maximum Gasteiger partial charge on any atom is 0.295 e. The smallest absolute Gasteiger partial charge is 0.282 e. The standard InChI is InChI=1S/C12H8N2O3S/c15-18(16,17)10-5-7-13-9-4-3-8-2-1-6-14-12(8)11(9)10/h1-7H,(H,15,16,17). The van der Waals surface area contributed by atoms with Gasteiger partial charge in [-0.3, -0.25) is 14.5 Å². The summed E-state index contributed by atoms with van der Waals surface area (Å²) in [5.74, 6) is 0. The summed E-state index contributed by atoms with van der Waals surface area (Å²) >= 11 is 0. The Morgan fingerprint density at radius 1 is 1.00 bits per heavy atom. The van der Waals surface area contributed by atoms with E-state index in [-0.39, 0.29) is 4.90 Å².